The van der Waals surface area contributed by atoms with E-state index in [1.165, 1.54) is 0 Å². The second kappa shape index (κ2) is 9.70. The van der Waals surface area contributed by atoms with E-state index in [1.807, 2.05) is 37.3 Å². The molecule has 3 aromatic heterocycles. The summed E-state index contributed by atoms with van der Waals surface area (Å²) in [6.45, 7) is 5.73. The number of amides is 1. The number of carbonyl (C=O) groups is 1. The van der Waals surface area contributed by atoms with Crippen molar-refractivity contribution in [2.45, 2.75) is 45.3 Å². The second-order valence-electron chi connectivity index (χ2n) is 9.98. The summed E-state index contributed by atoms with van der Waals surface area (Å²) in [4.78, 5) is 21.5. The standard InChI is InChI=1S/C27H31N7O3/c1-16-11-17(5-9-20(16)26(35)32-18-6-7-18)22-14-29-25-21(30-15-27(2,3)36)12-23(33-34(22)25)31-19-8-10-24(37-4)28-13-19/h5,8-14,18,30,36H,6-7,15H2,1-4H3,(H,31,33)(H,32,35). The molecule has 1 fully saturated rings. The lowest BCUT2D eigenvalue weighted by Gasteiger charge is -2.19. The number of methoxy groups -OCH3 is 1. The molecule has 37 heavy (non-hydrogen) atoms. The Labute approximate surface area is 215 Å². The topological polar surface area (TPSA) is 126 Å². The van der Waals surface area contributed by atoms with Gasteiger partial charge in [-0.25, -0.2) is 14.5 Å². The fourth-order valence-electron chi connectivity index (χ4n) is 3.96. The van der Waals surface area contributed by atoms with Crippen molar-refractivity contribution in [3.05, 3.63) is 59.9 Å². The minimum atomic E-state index is -0.919. The van der Waals surface area contributed by atoms with Crippen LogP contribution in [-0.4, -0.2) is 55.9 Å². The molecular formula is C27H31N7O3. The van der Waals surface area contributed by atoms with E-state index < -0.39 is 5.60 Å². The molecule has 192 valence electrons. The molecule has 0 saturated heterocycles. The number of nitrogens with zero attached hydrogens (tertiary/aromatic N) is 4. The summed E-state index contributed by atoms with van der Waals surface area (Å²) in [6, 6.07) is 11.5. The molecule has 0 bridgehead atoms. The van der Waals surface area contributed by atoms with Crippen LogP contribution in [0.15, 0.2) is 48.8 Å². The third kappa shape index (κ3) is 5.64. The zero-order chi connectivity index (χ0) is 26.2. The average molecular weight is 502 g/mol. The van der Waals surface area contributed by atoms with Gasteiger partial charge >= 0.3 is 0 Å². The van der Waals surface area contributed by atoms with Crippen molar-refractivity contribution >= 4 is 28.7 Å². The predicted octanol–water partition coefficient (Wildman–Crippen LogP) is 3.93. The molecule has 1 aliphatic rings. The Bertz CT molecular complexity index is 1440. The molecule has 1 amide bonds. The summed E-state index contributed by atoms with van der Waals surface area (Å²) >= 11 is 0. The third-order valence-electron chi connectivity index (χ3n) is 6.08. The molecule has 10 heteroatoms. The number of pyridine rings is 1. The first-order valence-electron chi connectivity index (χ1n) is 12.2. The van der Waals surface area contributed by atoms with E-state index in [4.69, 9.17) is 9.84 Å². The van der Waals surface area contributed by atoms with E-state index in [0.717, 1.165) is 35.3 Å². The molecule has 0 aliphatic heterocycles. The van der Waals surface area contributed by atoms with Gasteiger partial charge in [-0.05, 0) is 57.4 Å². The number of benzene rings is 1. The van der Waals surface area contributed by atoms with Gasteiger partial charge in [0.1, 0.15) is 0 Å². The Morgan fingerprint density at radius 2 is 1.97 bits per heavy atom. The van der Waals surface area contributed by atoms with Gasteiger partial charge in [0.15, 0.2) is 11.5 Å². The summed E-state index contributed by atoms with van der Waals surface area (Å²) in [6.07, 6.45) is 5.51. The third-order valence-corrected chi connectivity index (χ3v) is 6.08. The summed E-state index contributed by atoms with van der Waals surface area (Å²) in [5.41, 5.74) is 4.35. The monoisotopic (exact) mass is 501 g/mol. The quantitative estimate of drug-likeness (QED) is 0.272. The van der Waals surface area contributed by atoms with Crippen molar-refractivity contribution in [2.75, 3.05) is 24.3 Å². The van der Waals surface area contributed by atoms with E-state index >= 15 is 0 Å². The Balaban J connectivity index is 1.52. The van der Waals surface area contributed by atoms with E-state index in [9.17, 15) is 9.90 Å². The smallest absolute Gasteiger partial charge is 0.251 e. The first-order valence-corrected chi connectivity index (χ1v) is 12.2. The van der Waals surface area contributed by atoms with Gasteiger partial charge in [-0.1, -0.05) is 6.07 Å². The maximum absolute atomic E-state index is 12.6. The molecular weight excluding hydrogens is 470 g/mol. The Morgan fingerprint density at radius 1 is 1.16 bits per heavy atom. The van der Waals surface area contributed by atoms with Gasteiger partial charge in [-0.3, -0.25) is 4.79 Å². The number of rotatable bonds is 9. The minimum absolute atomic E-state index is 0.0412. The van der Waals surface area contributed by atoms with Crippen LogP contribution in [0, 0.1) is 6.92 Å². The van der Waals surface area contributed by atoms with Gasteiger partial charge in [0.2, 0.25) is 5.88 Å². The molecule has 3 heterocycles. The van der Waals surface area contributed by atoms with Crippen molar-refractivity contribution in [1.82, 2.24) is 24.9 Å². The van der Waals surface area contributed by atoms with Crippen LogP contribution in [-0.2, 0) is 0 Å². The highest BCUT2D eigenvalue weighted by atomic mass is 16.5. The van der Waals surface area contributed by atoms with Gasteiger partial charge in [-0.15, -0.1) is 5.10 Å². The number of anilines is 3. The molecule has 4 aromatic rings. The number of fused-ring (bicyclic) bond motifs is 1. The highest BCUT2D eigenvalue weighted by molar-refractivity contribution is 5.96. The Kier molecular flexibility index (Phi) is 6.43. The lowest BCUT2D eigenvalue weighted by atomic mass is 10.0. The maximum atomic E-state index is 12.6. The summed E-state index contributed by atoms with van der Waals surface area (Å²) in [5.74, 6) is 1.04. The van der Waals surface area contributed by atoms with Crippen LogP contribution in [0.4, 0.5) is 17.2 Å². The van der Waals surface area contributed by atoms with Crippen molar-refractivity contribution in [3.8, 4) is 17.1 Å². The van der Waals surface area contributed by atoms with Gasteiger partial charge in [0, 0.05) is 35.8 Å². The lowest BCUT2D eigenvalue weighted by Crippen LogP contribution is -2.29. The SMILES string of the molecule is COc1ccc(Nc2cc(NCC(C)(C)O)c3ncc(-c4ccc(C(=O)NC5CC5)c(C)c4)n3n2)cn1. The van der Waals surface area contributed by atoms with Gasteiger partial charge in [0.25, 0.3) is 5.91 Å². The van der Waals surface area contributed by atoms with E-state index in [0.29, 0.717) is 41.2 Å². The first kappa shape index (κ1) is 24.5. The van der Waals surface area contributed by atoms with Crippen LogP contribution in [0.5, 0.6) is 5.88 Å². The predicted molar refractivity (Wildman–Crippen MR) is 143 cm³/mol. The van der Waals surface area contributed by atoms with Crippen LogP contribution < -0.4 is 20.7 Å². The number of ether oxygens (including phenoxy) is 1. The molecule has 0 atom stereocenters. The van der Waals surface area contributed by atoms with Gasteiger partial charge < -0.3 is 25.8 Å². The lowest BCUT2D eigenvalue weighted by molar-refractivity contribution is 0.0940. The molecule has 1 aliphatic carbocycles. The molecule has 1 aromatic carbocycles. The van der Waals surface area contributed by atoms with Gasteiger partial charge in [-0.2, -0.15) is 0 Å². The number of aromatic nitrogens is 4. The number of imidazole rings is 1. The van der Waals surface area contributed by atoms with Crippen molar-refractivity contribution in [1.29, 1.82) is 0 Å². The number of carbonyl (C=O) groups excluding carboxylic acids is 1. The molecule has 0 spiro atoms. The van der Waals surface area contributed by atoms with E-state index in [-0.39, 0.29) is 5.91 Å². The zero-order valence-electron chi connectivity index (χ0n) is 21.4. The van der Waals surface area contributed by atoms with Crippen molar-refractivity contribution < 1.29 is 14.6 Å². The number of aryl methyl sites for hydroxylation is 1. The van der Waals surface area contributed by atoms with Gasteiger partial charge in [0.05, 0.1) is 42.2 Å². The largest absolute Gasteiger partial charge is 0.481 e. The number of hydrogen-bond donors (Lipinski definition) is 4. The molecule has 4 N–H and O–H groups in total. The summed E-state index contributed by atoms with van der Waals surface area (Å²) in [5, 5.41) is 24.7. The maximum Gasteiger partial charge on any atom is 0.251 e. The Hall–Kier alpha value is -4.18. The highest BCUT2D eigenvalue weighted by Gasteiger charge is 2.24. The van der Waals surface area contributed by atoms with E-state index in [1.54, 1.807) is 43.9 Å². The fourth-order valence-corrected chi connectivity index (χ4v) is 3.96. The van der Waals surface area contributed by atoms with Crippen LogP contribution >= 0.6 is 0 Å². The molecule has 1 saturated carbocycles. The molecule has 0 unspecified atom stereocenters. The van der Waals surface area contributed by atoms with Crippen LogP contribution in [0.1, 0.15) is 42.6 Å². The normalized spacial score (nSPS) is 13.4. The van der Waals surface area contributed by atoms with E-state index in [2.05, 4.69) is 25.9 Å². The molecule has 0 radical (unpaired) electrons. The Morgan fingerprint density at radius 3 is 2.62 bits per heavy atom. The van der Waals surface area contributed by atoms with Crippen molar-refractivity contribution in [2.24, 2.45) is 0 Å². The second-order valence-corrected chi connectivity index (χ2v) is 9.98. The number of hydrogen-bond acceptors (Lipinski definition) is 8. The fraction of sp³-hybridized carbons (Fsp3) is 0.333. The zero-order valence-corrected chi connectivity index (χ0v) is 21.4. The van der Waals surface area contributed by atoms with Crippen LogP contribution in [0.2, 0.25) is 0 Å². The van der Waals surface area contributed by atoms with Crippen molar-refractivity contribution in [3.63, 3.8) is 0 Å². The van der Waals surface area contributed by atoms with Crippen LogP contribution in [0.3, 0.4) is 0 Å². The molecule has 10 nitrogen and oxygen atoms in total. The number of nitrogens with one attached hydrogen (secondary N) is 3. The molecule has 5 rings (SSSR count). The minimum Gasteiger partial charge on any atom is -0.481 e. The number of aliphatic hydroxyl groups is 1. The first-order chi connectivity index (χ1) is 17.7. The van der Waals surface area contributed by atoms with Crippen LogP contribution in [0.25, 0.3) is 16.9 Å². The highest BCUT2D eigenvalue weighted by Crippen LogP contribution is 2.29. The average Bonchev–Trinajstić information content (AvgIpc) is 3.57. The summed E-state index contributed by atoms with van der Waals surface area (Å²) < 4.78 is 6.90. The summed E-state index contributed by atoms with van der Waals surface area (Å²) in [7, 11) is 1.57.